The topological polar surface area (TPSA) is 69.2 Å². The van der Waals surface area contributed by atoms with Gasteiger partial charge in [0.05, 0.1) is 0 Å². The Balaban J connectivity index is 0.00000450. The summed E-state index contributed by atoms with van der Waals surface area (Å²) in [6.07, 6.45) is 8.55. The van der Waals surface area contributed by atoms with E-state index >= 15 is 0 Å². The molecular formula is C22H44IN5O2. The molecule has 0 aliphatic carbocycles. The number of carbonyl (C=O) groups excluding carboxylic acids is 1. The van der Waals surface area contributed by atoms with Crippen molar-refractivity contribution in [2.24, 2.45) is 10.9 Å². The molecule has 7 nitrogen and oxygen atoms in total. The maximum Gasteiger partial charge on any atom is 0.410 e. The molecule has 0 aromatic carbocycles. The van der Waals surface area contributed by atoms with Crippen molar-refractivity contribution in [2.45, 2.75) is 71.3 Å². The van der Waals surface area contributed by atoms with Crippen molar-refractivity contribution < 1.29 is 9.53 Å². The van der Waals surface area contributed by atoms with E-state index < -0.39 is 5.60 Å². The van der Waals surface area contributed by atoms with Gasteiger partial charge in [0.1, 0.15) is 5.60 Å². The first-order valence-corrected chi connectivity index (χ1v) is 11.5. The summed E-state index contributed by atoms with van der Waals surface area (Å²) in [6, 6.07) is 0. The maximum absolute atomic E-state index is 12.3. The standard InChI is InChI=1S/C22H43N5O2.HI/c1-22(2,3)29-21(28)27-16-9-11-19(18-27)17-25-20(23-4)24-12-10-15-26-13-7-5-6-8-14-26;/h19H,5-18H2,1-4H3,(H2,23,24,25);1H. The lowest BCUT2D eigenvalue weighted by atomic mass is 9.98. The second kappa shape index (κ2) is 14.3. The molecule has 0 saturated carbocycles. The van der Waals surface area contributed by atoms with Crippen LogP contribution < -0.4 is 10.6 Å². The Morgan fingerprint density at radius 2 is 1.77 bits per heavy atom. The number of amides is 1. The van der Waals surface area contributed by atoms with E-state index in [2.05, 4.69) is 20.5 Å². The van der Waals surface area contributed by atoms with E-state index in [1.807, 2.05) is 32.7 Å². The summed E-state index contributed by atoms with van der Waals surface area (Å²) in [6.45, 7) is 12.7. The van der Waals surface area contributed by atoms with Gasteiger partial charge >= 0.3 is 6.09 Å². The van der Waals surface area contributed by atoms with Crippen LogP contribution in [0.1, 0.15) is 65.7 Å². The molecule has 30 heavy (non-hydrogen) atoms. The van der Waals surface area contributed by atoms with E-state index in [0.29, 0.717) is 5.92 Å². The largest absolute Gasteiger partial charge is 0.444 e. The second-order valence-corrected chi connectivity index (χ2v) is 9.42. The van der Waals surface area contributed by atoms with Gasteiger partial charge in [-0.3, -0.25) is 4.99 Å². The van der Waals surface area contributed by atoms with Gasteiger partial charge in [0, 0.05) is 33.2 Å². The zero-order chi connectivity index (χ0) is 21.1. The minimum atomic E-state index is -0.443. The Bertz CT molecular complexity index is 516. The lowest BCUT2D eigenvalue weighted by Gasteiger charge is -2.34. The number of halogens is 1. The molecular weight excluding hydrogens is 493 g/mol. The summed E-state index contributed by atoms with van der Waals surface area (Å²) in [5, 5.41) is 6.88. The third-order valence-corrected chi connectivity index (χ3v) is 5.59. The van der Waals surface area contributed by atoms with E-state index in [4.69, 9.17) is 4.74 Å². The van der Waals surface area contributed by atoms with Crippen molar-refractivity contribution in [1.29, 1.82) is 0 Å². The van der Waals surface area contributed by atoms with Gasteiger partial charge in [-0.25, -0.2) is 4.79 Å². The van der Waals surface area contributed by atoms with Crippen LogP contribution in [0, 0.1) is 5.92 Å². The molecule has 1 atom stereocenters. The second-order valence-electron chi connectivity index (χ2n) is 9.42. The van der Waals surface area contributed by atoms with Crippen LogP contribution >= 0.6 is 24.0 Å². The number of hydrogen-bond donors (Lipinski definition) is 2. The molecule has 2 fully saturated rings. The molecule has 0 aromatic heterocycles. The highest BCUT2D eigenvalue weighted by molar-refractivity contribution is 14.0. The van der Waals surface area contributed by atoms with Crippen molar-refractivity contribution >= 4 is 36.0 Å². The molecule has 0 bridgehead atoms. The molecule has 176 valence electrons. The summed E-state index contributed by atoms with van der Waals surface area (Å²) in [5.74, 6) is 1.28. The van der Waals surface area contributed by atoms with Gasteiger partial charge in [-0.15, -0.1) is 24.0 Å². The molecule has 2 heterocycles. The molecule has 1 unspecified atom stereocenters. The fourth-order valence-corrected chi connectivity index (χ4v) is 4.05. The lowest BCUT2D eigenvalue weighted by Crippen LogP contribution is -2.47. The van der Waals surface area contributed by atoms with Gasteiger partial charge in [-0.1, -0.05) is 12.8 Å². The minimum Gasteiger partial charge on any atom is -0.444 e. The van der Waals surface area contributed by atoms with Crippen molar-refractivity contribution in [3.8, 4) is 0 Å². The van der Waals surface area contributed by atoms with Gasteiger partial charge in [0.15, 0.2) is 5.96 Å². The third-order valence-electron chi connectivity index (χ3n) is 5.59. The number of hydrogen-bond acceptors (Lipinski definition) is 4. The van der Waals surface area contributed by atoms with Crippen LogP contribution in [-0.2, 0) is 4.74 Å². The SMILES string of the molecule is CN=C(NCCCN1CCCCCC1)NCC1CCCN(C(=O)OC(C)(C)C)C1.I. The molecule has 0 spiro atoms. The Kier molecular flexibility index (Phi) is 13.0. The molecule has 0 aromatic rings. The van der Waals surface area contributed by atoms with E-state index in [-0.39, 0.29) is 30.1 Å². The first-order valence-electron chi connectivity index (χ1n) is 11.5. The Hall–Kier alpha value is -0.770. The number of ether oxygens (including phenoxy) is 1. The fourth-order valence-electron chi connectivity index (χ4n) is 4.05. The molecule has 2 rings (SSSR count). The first kappa shape index (κ1) is 27.3. The van der Waals surface area contributed by atoms with Crippen LogP contribution in [0.25, 0.3) is 0 Å². The van der Waals surface area contributed by atoms with Gasteiger partial charge < -0.3 is 25.2 Å². The number of aliphatic imine (C=N–C) groups is 1. The van der Waals surface area contributed by atoms with Crippen LogP contribution in [0.2, 0.25) is 0 Å². The number of rotatable bonds is 6. The molecule has 2 aliphatic heterocycles. The average Bonchev–Trinajstić information content (AvgIpc) is 2.95. The fraction of sp³-hybridized carbons (Fsp3) is 0.909. The van der Waals surface area contributed by atoms with E-state index in [0.717, 1.165) is 57.9 Å². The highest BCUT2D eigenvalue weighted by Gasteiger charge is 2.27. The molecule has 8 heteroatoms. The Morgan fingerprint density at radius 3 is 2.40 bits per heavy atom. The van der Waals surface area contributed by atoms with Crippen LogP contribution in [0.15, 0.2) is 4.99 Å². The number of nitrogens with zero attached hydrogens (tertiary/aromatic N) is 3. The van der Waals surface area contributed by atoms with Crippen molar-refractivity contribution in [1.82, 2.24) is 20.4 Å². The summed E-state index contributed by atoms with van der Waals surface area (Å²) in [4.78, 5) is 21.1. The normalized spacial score (nSPS) is 21.4. The van der Waals surface area contributed by atoms with E-state index in [1.54, 1.807) is 0 Å². The van der Waals surface area contributed by atoms with Gasteiger partial charge in [0.25, 0.3) is 0 Å². The minimum absolute atomic E-state index is 0. The third kappa shape index (κ3) is 11.0. The number of carbonyl (C=O) groups is 1. The quantitative estimate of drug-likeness (QED) is 0.234. The zero-order valence-corrected chi connectivity index (χ0v) is 21.9. The average molecular weight is 538 g/mol. The van der Waals surface area contributed by atoms with Crippen LogP contribution in [0.5, 0.6) is 0 Å². The van der Waals surface area contributed by atoms with Crippen LogP contribution in [0.3, 0.4) is 0 Å². The number of nitrogens with one attached hydrogen (secondary N) is 2. The molecule has 1 amide bonds. The molecule has 2 N–H and O–H groups in total. The predicted octanol–water partition coefficient (Wildman–Crippen LogP) is 3.68. The summed E-state index contributed by atoms with van der Waals surface area (Å²) < 4.78 is 5.52. The van der Waals surface area contributed by atoms with E-state index in [9.17, 15) is 4.79 Å². The van der Waals surface area contributed by atoms with Crippen molar-refractivity contribution in [3.05, 3.63) is 0 Å². The highest BCUT2D eigenvalue weighted by atomic mass is 127. The summed E-state index contributed by atoms with van der Waals surface area (Å²) in [5.41, 5.74) is -0.443. The van der Waals surface area contributed by atoms with Gasteiger partial charge in [-0.2, -0.15) is 0 Å². The molecule has 2 saturated heterocycles. The molecule has 0 radical (unpaired) electrons. The van der Waals surface area contributed by atoms with Crippen molar-refractivity contribution in [2.75, 3.05) is 52.9 Å². The number of likely N-dealkylation sites (tertiary alicyclic amines) is 2. The summed E-state index contributed by atoms with van der Waals surface area (Å²) in [7, 11) is 1.82. The maximum atomic E-state index is 12.3. The van der Waals surface area contributed by atoms with Gasteiger partial charge in [0.2, 0.25) is 0 Å². The lowest BCUT2D eigenvalue weighted by molar-refractivity contribution is 0.0168. The Labute approximate surface area is 200 Å². The van der Waals surface area contributed by atoms with E-state index in [1.165, 1.54) is 38.8 Å². The zero-order valence-electron chi connectivity index (χ0n) is 19.5. The number of guanidine groups is 1. The number of piperidine rings is 1. The first-order chi connectivity index (χ1) is 13.9. The smallest absolute Gasteiger partial charge is 0.410 e. The van der Waals surface area contributed by atoms with Crippen LogP contribution in [-0.4, -0.2) is 80.3 Å². The van der Waals surface area contributed by atoms with Gasteiger partial charge in [-0.05, 0) is 78.4 Å². The predicted molar refractivity (Wildman–Crippen MR) is 135 cm³/mol. The highest BCUT2D eigenvalue weighted by Crippen LogP contribution is 2.18. The molecule has 2 aliphatic rings. The summed E-state index contributed by atoms with van der Waals surface area (Å²) >= 11 is 0. The van der Waals surface area contributed by atoms with Crippen LogP contribution in [0.4, 0.5) is 4.79 Å². The monoisotopic (exact) mass is 537 g/mol. The Morgan fingerprint density at radius 1 is 1.07 bits per heavy atom. The van der Waals surface area contributed by atoms with Crippen molar-refractivity contribution in [3.63, 3.8) is 0 Å².